The minimum absolute atomic E-state index is 0.00399. The standard InChI is InChI=1S/C21H23BrN2O6S/c1-14-4-8-16(9-5-14)24-19(25)12-18(21(24)26)23(13-20(29-2)30-3)31(27,28)17-10-6-15(22)7-11-17/h4-11,18,20H,12-13H2,1-3H3. The van der Waals surface area contributed by atoms with E-state index in [0.717, 1.165) is 14.8 Å². The minimum atomic E-state index is -4.13. The molecule has 1 atom stereocenters. The van der Waals surface area contributed by atoms with E-state index in [1.165, 1.54) is 26.4 Å². The summed E-state index contributed by atoms with van der Waals surface area (Å²) in [6.07, 6.45) is -1.19. The van der Waals surface area contributed by atoms with Crippen molar-refractivity contribution in [2.75, 3.05) is 25.7 Å². The van der Waals surface area contributed by atoms with E-state index in [4.69, 9.17) is 9.47 Å². The zero-order chi connectivity index (χ0) is 22.8. The first-order valence-corrected chi connectivity index (χ1v) is 11.7. The van der Waals surface area contributed by atoms with Crippen LogP contribution in [0.4, 0.5) is 5.69 Å². The Hall–Kier alpha value is -2.11. The lowest BCUT2D eigenvalue weighted by atomic mass is 10.2. The van der Waals surface area contributed by atoms with Gasteiger partial charge >= 0.3 is 0 Å². The van der Waals surface area contributed by atoms with Crippen molar-refractivity contribution < 1.29 is 27.5 Å². The summed E-state index contributed by atoms with van der Waals surface area (Å²) < 4.78 is 39.0. The highest BCUT2D eigenvalue weighted by Gasteiger charge is 2.47. The molecule has 10 heteroatoms. The maximum Gasteiger partial charge on any atom is 0.252 e. The van der Waals surface area contributed by atoms with Crippen molar-refractivity contribution in [3.63, 3.8) is 0 Å². The predicted molar refractivity (Wildman–Crippen MR) is 118 cm³/mol. The number of carbonyl (C=O) groups is 2. The van der Waals surface area contributed by atoms with Gasteiger partial charge < -0.3 is 9.47 Å². The Kier molecular flexibility index (Phi) is 7.28. The molecule has 0 saturated carbocycles. The van der Waals surface area contributed by atoms with Gasteiger partial charge in [0.25, 0.3) is 5.91 Å². The number of hydrogen-bond donors (Lipinski definition) is 0. The second-order valence-corrected chi connectivity index (χ2v) is 9.86. The third-order valence-electron chi connectivity index (χ3n) is 5.04. The number of halogens is 1. The second kappa shape index (κ2) is 9.58. The van der Waals surface area contributed by atoms with Crippen LogP contribution in [0.25, 0.3) is 0 Å². The number of ether oxygens (including phenoxy) is 2. The van der Waals surface area contributed by atoms with Crippen LogP contribution in [0.5, 0.6) is 0 Å². The molecule has 8 nitrogen and oxygen atoms in total. The number of methoxy groups -OCH3 is 2. The highest BCUT2D eigenvalue weighted by atomic mass is 79.9. The summed E-state index contributed by atoms with van der Waals surface area (Å²) >= 11 is 3.28. The fourth-order valence-electron chi connectivity index (χ4n) is 3.33. The Balaban J connectivity index is 2.01. The lowest BCUT2D eigenvalue weighted by molar-refractivity contribution is -0.125. The van der Waals surface area contributed by atoms with Gasteiger partial charge in [0.05, 0.1) is 23.5 Å². The molecule has 0 aliphatic carbocycles. The van der Waals surface area contributed by atoms with E-state index in [0.29, 0.717) is 10.2 Å². The van der Waals surface area contributed by atoms with Crippen LogP contribution in [0.2, 0.25) is 0 Å². The molecule has 2 aromatic rings. The molecule has 0 spiro atoms. The molecular formula is C21H23BrN2O6S. The topological polar surface area (TPSA) is 93.2 Å². The van der Waals surface area contributed by atoms with E-state index >= 15 is 0 Å². The number of nitrogens with zero attached hydrogens (tertiary/aromatic N) is 2. The molecule has 1 aliphatic heterocycles. The van der Waals surface area contributed by atoms with Crippen molar-refractivity contribution in [2.45, 2.75) is 30.6 Å². The second-order valence-electron chi connectivity index (χ2n) is 7.05. The SMILES string of the molecule is COC(CN(C1CC(=O)N(c2ccc(C)cc2)C1=O)S(=O)(=O)c1ccc(Br)cc1)OC. The third kappa shape index (κ3) is 4.88. The molecule has 1 saturated heterocycles. The Labute approximate surface area is 189 Å². The first-order valence-electron chi connectivity index (χ1n) is 9.45. The van der Waals surface area contributed by atoms with Crippen molar-refractivity contribution >= 4 is 43.5 Å². The van der Waals surface area contributed by atoms with Crippen molar-refractivity contribution in [3.05, 3.63) is 58.6 Å². The summed E-state index contributed by atoms with van der Waals surface area (Å²) in [5, 5.41) is 0. The van der Waals surface area contributed by atoms with E-state index < -0.39 is 34.2 Å². The normalized spacial score (nSPS) is 17.2. The first-order chi connectivity index (χ1) is 14.7. The summed E-state index contributed by atoms with van der Waals surface area (Å²) in [6.45, 7) is 1.64. The molecule has 0 N–H and O–H groups in total. The van der Waals surface area contributed by atoms with Crippen LogP contribution < -0.4 is 4.90 Å². The summed E-state index contributed by atoms with van der Waals surface area (Å²) in [5.41, 5.74) is 1.38. The van der Waals surface area contributed by atoms with Gasteiger partial charge in [-0.3, -0.25) is 9.59 Å². The van der Waals surface area contributed by atoms with Crippen LogP contribution in [0.3, 0.4) is 0 Å². The van der Waals surface area contributed by atoms with E-state index in [1.807, 2.05) is 6.92 Å². The van der Waals surface area contributed by atoms with Gasteiger partial charge in [0.2, 0.25) is 15.9 Å². The largest absolute Gasteiger partial charge is 0.354 e. The Morgan fingerprint density at radius 2 is 1.65 bits per heavy atom. The molecule has 166 valence electrons. The van der Waals surface area contributed by atoms with Gasteiger partial charge in [0.1, 0.15) is 6.04 Å². The van der Waals surface area contributed by atoms with Gasteiger partial charge in [-0.2, -0.15) is 4.31 Å². The number of rotatable bonds is 8. The van der Waals surface area contributed by atoms with Gasteiger partial charge in [0, 0.05) is 18.7 Å². The summed E-state index contributed by atoms with van der Waals surface area (Å²) in [6, 6.07) is 11.7. The number of anilines is 1. The monoisotopic (exact) mass is 510 g/mol. The smallest absolute Gasteiger partial charge is 0.252 e. The van der Waals surface area contributed by atoms with E-state index in [2.05, 4.69) is 15.9 Å². The third-order valence-corrected chi connectivity index (χ3v) is 7.46. The Bertz CT molecular complexity index is 1050. The number of sulfonamides is 1. The molecule has 2 amide bonds. The molecule has 1 fully saturated rings. The summed E-state index contributed by atoms with van der Waals surface area (Å²) in [5.74, 6) is -1.08. The van der Waals surface area contributed by atoms with E-state index in [1.54, 1.807) is 36.4 Å². The fraction of sp³-hybridized carbons (Fsp3) is 0.333. The molecule has 1 unspecified atom stereocenters. The molecule has 2 aromatic carbocycles. The van der Waals surface area contributed by atoms with Crippen molar-refractivity contribution in [1.29, 1.82) is 0 Å². The predicted octanol–water partition coefficient (Wildman–Crippen LogP) is 2.70. The quantitative estimate of drug-likeness (QED) is 0.400. The maximum absolute atomic E-state index is 13.5. The van der Waals surface area contributed by atoms with E-state index in [-0.39, 0.29) is 17.9 Å². The van der Waals surface area contributed by atoms with E-state index in [9.17, 15) is 18.0 Å². The molecule has 1 aliphatic rings. The van der Waals surface area contributed by atoms with Crippen molar-refractivity contribution in [3.8, 4) is 0 Å². The zero-order valence-corrected chi connectivity index (χ0v) is 19.7. The molecule has 31 heavy (non-hydrogen) atoms. The van der Waals surface area contributed by atoms with Crippen LogP contribution in [0, 0.1) is 6.92 Å². The number of imide groups is 1. The zero-order valence-electron chi connectivity index (χ0n) is 17.3. The lowest BCUT2D eigenvalue weighted by Crippen LogP contribution is -2.49. The number of aryl methyl sites for hydroxylation is 1. The number of carbonyl (C=O) groups excluding carboxylic acids is 2. The number of benzene rings is 2. The van der Waals surface area contributed by atoms with Crippen LogP contribution in [-0.4, -0.2) is 57.6 Å². The highest BCUT2D eigenvalue weighted by molar-refractivity contribution is 9.10. The first kappa shape index (κ1) is 23.6. The summed E-state index contributed by atoms with van der Waals surface area (Å²) in [4.78, 5) is 27.0. The maximum atomic E-state index is 13.5. The van der Waals surface area contributed by atoms with Crippen LogP contribution in [0.1, 0.15) is 12.0 Å². The average molecular weight is 511 g/mol. The van der Waals surface area contributed by atoms with Crippen LogP contribution in [-0.2, 0) is 29.1 Å². The summed E-state index contributed by atoms with van der Waals surface area (Å²) in [7, 11) is -1.38. The number of hydrogen-bond acceptors (Lipinski definition) is 6. The van der Waals surface area contributed by atoms with Crippen molar-refractivity contribution in [2.24, 2.45) is 0 Å². The molecule has 0 aromatic heterocycles. The number of amides is 2. The van der Waals surface area contributed by atoms with Gasteiger partial charge in [-0.05, 0) is 43.3 Å². The average Bonchev–Trinajstić information content (AvgIpc) is 3.03. The molecular weight excluding hydrogens is 488 g/mol. The minimum Gasteiger partial charge on any atom is -0.354 e. The molecule has 1 heterocycles. The Morgan fingerprint density at radius 3 is 2.19 bits per heavy atom. The van der Waals surface area contributed by atoms with Crippen LogP contribution >= 0.6 is 15.9 Å². The Morgan fingerprint density at radius 1 is 1.06 bits per heavy atom. The van der Waals surface area contributed by atoms with Crippen LogP contribution in [0.15, 0.2) is 57.9 Å². The molecule has 3 rings (SSSR count). The lowest BCUT2D eigenvalue weighted by Gasteiger charge is -2.29. The highest BCUT2D eigenvalue weighted by Crippen LogP contribution is 2.30. The van der Waals surface area contributed by atoms with Crippen molar-refractivity contribution in [1.82, 2.24) is 4.31 Å². The van der Waals surface area contributed by atoms with Gasteiger partial charge in [-0.1, -0.05) is 33.6 Å². The fourth-order valence-corrected chi connectivity index (χ4v) is 5.17. The van der Waals surface area contributed by atoms with Gasteiger partial charge in [-0.15, -0.1) is 0 Å². The van der Waals surface area contributed by atoms with Gasteiger partial charge in [0.15, 0.2) is 6.29 Å². The van der Waals surface area contributed by atoms with Gasteiger partial charge in [-0.25, -0.2) is 13.3 Å². The molecule has 0 radical (unpaired) electrons. The molecule has 0 bridgehead atoms.